The number of sulfonamides is 1. The highest BCUT2D eigenvalue weighted by Gasteiger charge is 2.49. The van der Waals surface area contributed by atoms with Crippen LogP contribution in [0, 0.1) is 0 Å². The Balaban J connectivity index is 1.59. The van der Waals surface area contributed by atoms with Gasteiger partial charge in [-0.1, -0.05) is 41.4 Å². The molecule has 0 unspecified atom stereocenters. The molecule has 11 heteroatoms. The number of morpholine rings is 1. The first kappa shape index (κ1) is 23.0. The maximum absolute atomic E-state index is 13.2. The van der Waals surface area contributed by atoms with Gasteiger partial charge < -0.3 is 10.1 Å². The minimum atomic E-state index is -3.70. The molecule has 2 aromatic rings. The van der Waals surface area contributed by atoms with Crippen molar-refractivity contribution in [1.29, 1.82) is 0 Å². The average molecular weight is 498 g/mol. The highest BCUT2D eigenvalue weighted by Crippen LogP contribution is 2.35. The van der Waals surface area contributed by atoms with Crippen molar-refractivity contribution in [1.82, 2.24) is 14.5 Å². The molecule has 2 aromatic carbocycles. The zero-order valence-electron chi connectivity index (χ0n) is 17.2. The molecule has 2 fully saturated rings. The van der Waals surface area contributed by atoms with Gasteiger partial charge in [0.25, 0.3) is 5.91 Å². The fraction of sp³-hybridized carbons (Fsp3) is 0.333. The summed E-state index contributed by atoms with van der Waals surface area (Å²) in [6.07, 6.45) is 0. The smallest absolute Gasteiger partial charge is 0.325 e. The van der Waals surface area contributed by atoms with Crippen molar-refractivity contribution in [2.24, 2.45) is 0 Å². The number of hydrogen-bond donors (Lipinski definition) is 1. The largest absolute Gasteiger partial charge is 0.379 e. The van der Waals surface area contributed by atoms with E-state index in [0.717, 1.165) is 4.90 Å². The molecule has 0 bridgehead atoms. The van der Waals surface area contributed by atoms with Gasteiger partial charge in [0.15, 0.2) is 0 Å². The van der Waals surface area contributed by atoms with Crippen molar-refractivity contribution >= 4 is 45.2 Å². The normalized spacial score (nSPS) is 22.3. The number of amides is 3. The lowest BCUT2D eigenvalue weighted by atomic mass is 9.92. The van der Waals surface area contributed by atoms with Gasteiger partial charge in [-0.15, -0.1) is 0 Å². The van der Waals surface area contributed by atoms with Crippen LogP contribution in [0.3, 0.4) is 0 Å². The van der Waals surface area contributed by atoms with Crippen LogP contribution in [0.2, 0.25) is 10.0 Å². The maximum Gasteiger partial charge on any atom is 0.325 e. The minimum Gasteiger partial charge on any atom is -0.379 e. The summed E-state index contributed by atoms with van der Waals surface area (Å²) in [5.41, 5.74) is -0.432. The summed E-state index contributed by atoms with van der Waals surface area (Å²) in [7, 11) is -3.70. The number of rotatable bonds is 5. The standard InChI is InChI=1S/C21H21Cl2N3O5S/c1-21(17-6-5-15(22)12-18(17)23)19(27)26(20(28)24-21)13-14-3-2-4-16(11-14)32(29,30)25-7-9-31-10-8-25/h2-6,11-12H,7-10,13H2,1H3,(H,24,28)/t21-/m0/s1. The van der Waals surface area contributed by atoms with E-state index >= 15 is 0 Å². The summed E-state index contributed by atoms with van der Waals surface area (Å²) >= 11 is 12.2. The molecule has 1 N–H and O–H groups in total. The molecule has 0 aliphatic carbocycles. The van der Waals surface area contributed by atoms with Gasteiger partial charge in [0.1, 0.15) is 5.54 Å². The first-order valence-electron chi connectivity index (χ1n) is 9.89. The van der Waals surface area contributed by atoms with Crippen LogP contribution < -0.4 is 5.32 Å². The van der Waals surface area contributed by atoms with E-state index in [0.29, 0.717) is 29.4 Å². The Kier molecular flexibility index (Phi) is 6.21. The Morgan fingerprint density at radius 3 is 2.50 bits per heavy atom. The summed E-state index contributed by atoms with van der Waals surface area (Å²) in [5.74, 6) is -0.492. The summed E-state index contributed by atoms with van der Waals surface area (Å²) < 4.78 is 32.5. The molecule has 0 aromatic heterocycles. The number of carbonyl (C=O) groups is 2. The summed E-state index contributed by atoms with van der Waals surface area (Å²) in [6, 6.07) is 10.3. The van der Waals surface area contributed by atoms with E-state index in [1.54, 1.807) is 31.2 Å². The molecular formula is C21H21Cl2N3O5S. The van der Waals surface area contributed by atoms with Crippen molar-refractivity contribution in [3.05, 3.63) is 63.6 Å². The Morgan fingerprint density at radius 2 is 1.81 bits per heavy atom. The number of halogens is 2. The number of nitrogens with one attached hydrogen (secondary N) is 1. The first-order chi connectivity index (χ1) is 15.1. The van der Waals surface area contributed by atoms with Crippen LogP contribution in [0.5, 0.6) is 0 Å². The molecule has 1 atom stereocenters. The number of urea groups is 1. The van der Waals surface area contributed by atoms with E-state index in [1.807, 2.05) is 0 Å². The molecule has 170 valence electrons. The van der Waals surface area contributed by atoms with Gasteiger partial charge >= 0.3 is 6.03 Å². The molecule has 8 nitrogen and oxygen atoms in total. The number of benzene rings is 2. The van der Waals surface area contributed by atoms with Crippen molar-refractivity contribution in [3.63, 3.8) is 0 Å². The third-order valence-electron chi connectivity index (χ3n) is 5.59. The van der Waals surface area contributed by atoms with Gasteiger partial charge in [-0.25, -0.2) is 13.2 Å². The Bertz CT molecular complexity index is 1180. The van der Waals surface area contributed by atoms with Gasteiger partial charge in [0.2, 0.25) is 10.0 Å². The maximum atomic E-state index is 13.2. The summed E-state index contributed by atoms with van der Waals surface area (Å²) in [5, 5.41) is 3.36. The van der Waals surface area contributed by atoms with E-state index in [-0.39, 0.29) is 29.6 Å². The van der Waals surface area contributed by atoms with Crippen molar-refractivity contribution < 1.29 is 22.7 Å². The number of imide groups is 1. The highest BCUT2D eigenvalue weighted by molar-refractivity contribution is 7.89. The van der Waals surface area contributed by atoms with Crippen LogP contribution in [0.25, 0.3) is 0 Å². The van der Waals surface area contributed by atoms with Crippen molar-refractivity contribution in [2.45, 2.75) is 23.9 Å². The summed E-state index contributed by atoms with van der Waals surface area (Å²) in [6.45, 7) is 2.72. The Hall–Kier alpha value is -2.17. The van der Waals surface area contributed by atoms with Crippen LogP contribution in [0.4, 0.5) is 4.79 Å². The van der Waals surface area contributed by atoms with E-state index in [9.17, 15) is 18.0 Å². The van der Waals surface area contributed by atoms with Gasteiger partial charge in [0.05, 0.1) is 24.7 Å². The van der Waals surface area contributed by atoms with Gasteiger partial charge in [-0.2, -0.15) is 4.31 Å². The lowest BCUT2D eigenvalue weighted by Crippen LogP contribution is -2.41. The summed E-state index contributed by atoms with van der Waals surface area (Å²) in [4.78, 5) is 27.0. The first-order valence-corrected chi connectivity index (χ1v) is 12.1. The molecule has 3 amide bonds. The van der Waals surface area contributed by atoms with E-state index in [1.165, 1.54) is 22.5 Å². The molecule has 2 saturated heterocycles. The lowest BCUT2D eigenvalue weighted by Gasteiger charge is -2.26. The number of hydrogen-bond acceptors (Lipinski definition) is 5. The third-order valence-corrected chi connectivity index (χ3v) is 8.03. The van der Waals surface area contributed by atoms with Crippen LogP contribution in [0.1, 0.15) is 18.1 Å². The minimum absolute atomic E-state index is 0.0854. The fourth-order valence-corrected chi connectivity index (χ4v) is 5.92. The van der Waals surface area contributed by atoms with Crippen LogP contribution in [-0.4, -0.2) is 55.9 Å². The molecule has 2 heterocycles. The fourth-order valence-electron chi connectivity index (χ4n) is 3.84. The van der Waals surface area contributed by atoms with E-state index in [2.05, 4.69) is 5.32 Å². The molecule has 32 heavy (non-hydrogen) atoms. The second kappa shape index (κ2) is 8.64. The zero-order chi connectivity index (χ0) is 23.1. The zero-order valence-corrected chi connectivity index (χ0v) is 19.5. The van der Waals surface area contributed by atoms with Gasteiger partial charge in [-0.3, -0.25) is 9.69 Å². The predicted molar refractivity (Wildman–Crippen MR) is 119 cm³/mol. The van der Waals surface area contributed by atoms with Crippen LogP contribution >= 0.6 is 23.2 Å². The second-order valence-corrected chi connectivity index (χ2v) is 10.5. The Labute approximate surface area is 196 Å². The predicted octanol–water partition coefficient (Wildman–Crippen LogP) is 2.98. The lowest BCUT2D eigenvalue weighted by molar-refractivity contribution is -0.131. The quantitative estimate of drug-likeness (QED) is 0.640. The molecule has 2 aliphatic rings. The monoisotopic (exact) mass is 497 g/mol. The van der Waals surface area contributed by atoms with Gasteiger partial charge in [-0.05, 0) is 36.8 Å². The van der Waals surface area contributed by atoms with Crippen molar-refractivity contribution in [3.8, 4) is 0 Å². The number of ether oxygens (including phenoxy) is 1. The SMILES string of the molecule is C[C@@]1(c2ccc(Cl)cc2Cl)NC(=O)N(Cc2cccc(S(=O)(=O)N3CCOCC3)c2)C1=O. The van der Waals surface area contributed by atoms with Crippen molar-refractivity contribution in [2.75, 3.05) is 26.3 Å². The Morgan fingerprint density at radius 1 is 1.09 bits per heavy atom. The van der Waals surface area contributed by atoms with E-state index < -0.39 is 27.5 Å². The van der Waals surface area contributed by atoms with E-state index in [4.69, 9.17) is 27.9 Å². The van der Waals surface area contributed by atoms with Crippen LogP contribution in [0.15, 0.2) is 47.4 Å². The molecule has 0 radical (unpaired) electrons. The topological polar surface area (TPSA) is 96.0 Å². The average Bonchev–Trinajstić information content (AvgIpc) is 2.98. The van der Waals surface area contributed by atoms with Gasteiger partial charge in [0, 0.05) is 28.7 Å². The number of nitrogens with zero attached hydrogens (tertiary/aromatic N) is 2. The van der Waals surface area contributed by atoms with Crippen LogP contribution in [-0.2, 0) is 31.6 Å². The second-order valence-electron chi connectivity index (χ2n) is 7.73. The molecule has 4 rings (SSSR count). The molecule has 0 spiro atoms. The molecular weight excluding hydrogens is 477 g/mol. The number of carbonyl (C=O) groups excluding carboxylic acids is 2. The molecule has 2 aliphatic heterocycles. The molecule has 0 saturated carbocycles. The highest BCUT2D eigenvalue weighted by atomic mass is 35.5. The third kappa shape index (κ3) is 4.11.